The summed E-state index contributed by atoms with van der Waals surface area (Å²) in [5.74, 6) is 1.95. The van der Waals surface area contributed by atoms with Crippen molar-refractivity contribution in [3.05, 3.63) is 77.1 Å². The van der Waals surface area contributed by atoms with E-state index in [1.54, 1.807) is 17.0 Å². The number of halogens is 1. The fraction of sp³-hybridized carbons (Fsp3) is 0.333. The molecule has 196 valence electrons. The Labute approximate surface area is 220 Å². The van der Waals surface area contributed by atoms with Crippen LogP contribution in [0.2, 0.25) is 0 Å². The number of hydrogen-bond donors (Lipinski definition) is 0. The zero-order valence-corrected chi connectivity index (χ0v) is 21.1. The predicted molar refractivity (Wildman–Crippen MR) is 138 cm³/mol. The molecule has 3 aromatic carbocycles. The van der Waals surface area contributed by atoms with E-state index in [0.29, 0.717) is 54.4 Å². The first-order valence-corrected chi connectivity index (χ1v) is 12.9. The second-order valence-electron chi connectivity index (χ2n) is 9.82. The number of amides is 1. The molecule has 0 spiro atoms. The molecule has 7 nitrogen and oxygen atoms in total. The summed E-state index contributed by atoms with van der Waals surface area (Å²) in [6.07, 6.45) is 2.49. The molecule has 0 unspecified atom stereocenters. The lowest BCUT2D eigenvalue weighted by atomic mass is 9.98. The third kappa shape index (κ3) is 4.55. The smallest absolute Gasteiger partial charge is 0.306 e. The van der Waals surface area contributed by atoms with Crippen molar-refractivity contribution in [3.63, 3.8) is 0 Å². The number of hydrogen-bond acceptors (Lipinski definition) is 6. The minimum Gasteiger partial charge on any atom is -0.492 e. The van der Waals surface area contributed by atoms with Gasteiger partial charge in [0.05, 0.1) is 20.1 Å². The van der Waals surface area contributed by atoms with E-state index >= 15 is 4.39 Å². The predicted octanol–water partition coefficient (Wildman–Crippen LogP) is 5.85. The number of anilines is 1. The lowest BCUT2D eigenvalue weighted by Crippen LogP contribution is -2.23. The molecule has 2 heterocycles. The van der Waals surface area contributed by atoms with Crippen LogP contribution in [0.25, 0.3) is 0 Å². The summed E-state index contributed by atoms with van der Waals surface area (Å²) in [6.45, 7) is 1.14. The number of fused-ring (bicyclic) bond motifs is 2. The van der Waals surface area contributed by atoms with Crippen molar-refractivity contribution < 1.29 is 32.9 Å². The average molecular weight is 518 g/mol. The van der Waals surface area contributed by atoms with Gasteiger partial charge in [0.2, 0.25) is 5.91 Å². The topological polar surface area (TPSA) is 74.3 Å². The van der Waals surface area contributed by atoms with Crippen molar-refractivity contribution in [2.75, 3.05) is 25.2 Å². The Morgan fingerprint density at radius 3 is 2.66 bits per heavy atom. The van der Waals surface area contributed by atoms with E-state index in [4.69, 9.17) is 18.9 Å². The molecule has 2 atom stereocenters. The highest BCUT2D eigenvalue weighted by atomic mass is 19.1. The third-order valence-electron chi connectivity index (χ3n) is 7.47. The lowest BCUT2D eigenvalue weighted by Gasteiger charge is -2.18. The van der Waals surface area contributed by atoms with Gasteiger partial charge in [0, 0.05) is 47.3 Å². The van der Waals surface area contributed by atoms with Gasteiger partial charge in [0.15, 0.2) is 0 Å². The molecule has 0 radical (unpaired) electrons. The van der Waals surface area contributed by atoms with Crippen molar-refractivity contribution in [2.45, 2.75) is 44.1 Å². The quantitative estimate of drug-likeness (QED) is 0.366. The maximum atomic E-state index is 15.0. The van der Waals surface area contributed by atoms with E-state index in [1.807, 2.05) is 36.4 Å². The van der Waals surface area contributed by atoms with Gasteiger partial charge in [-0.15, -0.1) is 0 Å². The van der Waals surface area contributed by atoms with E-state index in [9.17, 15) is 9.59 Å². The summed E-state index contributed by atoms with van der Waals surface area (Å²) in [4.78, 5) is 25.5. The Balaban J connectivity index is 1.18. The van der Waals surface area contributed by atoms with E-state index in [-0.39, 0.29) is 30.0 Å². The Bertz CT molecular complexity index is 1390. The summed E-state index contributed by atoms with van der Waals surface area (Å²) in [5, 5.41) is 0. The first-order valence-electron chi connectivity index (χ1n) is 12.9. The second-order valence-corrected chi connectivity index (χ2v) is 9.82. The maximum absolute atomic E-state index is 15.0. The van der Waals surface area contributed by atoms with Crippen LogP contribution in [0.5, 0.6) is 23.0 Å². The van der Waals surface area contributed by atoms with Crippen LogP contribution in [-0.4, -0.2) is 32.1 Å². The van der Waals surface area contributed by atoms with Crippen LogP contribution in [0.1, 0.15) is 54.4 Å². The number of carbonyl (C=O) groups excluding carboxylic acids is 2. The molecule has 0 bridgehead atoms. The Kier molecular flexibility index (Phi) is 6.39. The van der Waals surface area contributed by atoms with Crippen LogP contribution in [0.4, 0.5) is 10.1 Å². The van der Waals surface area contributed by atoms with E-state index in [0.717, 1.165) is 29.8 Å². The highest BCUT2D eigenvalue weighted by Gasteiger charge is 2.32. The molecular formula is C30H28FNO6. The van der Waals surface area contributed by atoms with E-state index in [2.05, 4.69) is 0 Å². The van der Waals surface area contributed by atoms with E-state index < -0.39 is 6.10 Å². The number of nitrogens with zero attached hydrogens (tertiary/aromatic N) is 1. The van der Waals surface area contributed by atoms with Crippen LogP contribution < -0.4 is 19.1 Å². The summed E-state index contributed by atoms with van der Waals surface area (Å²) < 4.78 is 38.0. The summed E-state index contributed by atoms with van der Waals surface area (Å²) >= 11 is 0. The molecule has 1 fully saturated rings. The third-order valence-corrected chi connectivity index (χ3v) is 7.47. The Hall–Kier alpha value is -4.07. The molecule has 0 aromatic heterocycles. The normalized spacial score (nSPS) is 19.6. The minimum atomic E-state index is -0.456. The number of rotatable bonds is 7. The Morgan fingerprint density at radius 2 is 1.89 bits per heavy atom. The lowest BCUT2D eigenvalue weighted by molar-refractivity contribution is -0.141. The number of benzene rings is 3. The zero-order valence-electron chi connectivity index (χ0n) is 21.1. The molecule has 8 heteroatoms. The van der Waals surface area contributed by atoms with Crippen LogP contribution >= 0.6 is 0 Å². The van der Waals surface area contributed by atoms with Crippen molar-refractivity contribution in [1.82, 2.24) is 0 Å². The molecule has 1 saturated heterocycles. The molecule has 0 saturated carbocycles. The monoisotopic (exact) mass is 517 g/mol. The van der Waals surface area contributed by atoms with Crippen LogP contribution in [0, 0.1) is 5.82 Å². The molecule has 38 heavy (non-hydrogen) atoms. The average Bonchev–Trinajstić information content (AvgIpc) is 3.65. The molecule has 3 aromatic rings. The summed E-state index contributed by atoms with van der Waals surface area (Å²) in [5.41, 5.74) is 3.10. The standard InChI is InChI=1S/C30H28FNO6/c1-35-29(34)15-18-17-36-27-16-21(8-9-22(18)27)38-26-12-10-23-25(13-11-24(31)30(23)26)37-20-6-4-19(5-7-20)32-14-2-3-28(32)33/h4-9,11,13,16,18,26H,2-3,10,12,14-15,17H2,1H3/t18-,26-/m1/s1. The second kappa shape index (κ2) is 10.0. The van der Waals surface area contributed by atoms with Gasteiger partial charge in [-0.25, -0.2) is 4.39 Å². The fourth-order valence-corrected chi connectivity index (χ4v) is 5.55. The Morgan fingerprint density at radius 1 is 1.08 bits per heavy atom. The number of esters is 1. The molecule has 2 aliphatic heterocycles. The van der Waals surface area contributed by atoms with Gasteiger partial charge < -0.3 is 23.8 Å². The van der Waals surface area contributed by atoms with Gasteiger partial charge in [-0.3, -0.25) is 9.59 Å². The summed E-state index contributed by atoms with van der Waals surface area (Å²) in [6, 6.07) is 16.0. The summed E-state index contributed by atoms with van der Waals surface area (Å²) in [7, 11) is 1.37. The first kappa shape index (κ1) is 24.3. The van der Waals surface area contributed by atoms with Gasteiger partial charge >= 0.3 is 5.97 Å². The highest BCUT2D eigenvalue weighted by Crippen LogP contribution is 2.44. The molecular weight excluding hydrogens is 489 g/mol. The minimum absolute atomic E-state index is 0.0548. The molecule has 6 rings (SSSR count). The van der Waals surface area contributed by atoms with Crippen LogP contribution in [0.3, 0.4) is 0 Å². The number of ether oxygens (including phenoxy) is 4. The number of carbonyl (C=O) groups is 2. The van der Waals surface area contributed by atoms with E-state index in [1.165, 1.54) is 13.2 Å². The maximum Gasteiger partial charge on any atom is 0.306 e. The van der Waals surface area contributed by atoms with Gasteiger partial charge in [-0.2, -0.15) is 0 Å². The largest absolute Gasteiger partial charge is 0.492 e. The van der Waals surface area contributed by atoms with Gasteiger partial charge in [-0.05, 0) is 61.7 Å². The van der Waals surface area contributed by atoms with Crippen LogP contribution in [-0.2, 0) is 20.7 Å². The molecule has 3 aliphatic rings. The molecule has 0 N–H and O–H groups in total. The zero-order chi connectivity index (χ0) is 26.2. The van der Waals surface area contributed by atoms with Gasteiger partial charge in [0.1, 0.15) is 34.9 Å². The highest BCUT2D eigenvalue weighted by molar-refractivity contribution is 5.95. The van der Waals surface area contributed by atoms with Crippen molar-refractivity contribution >= 4 is 17.6 Å². The first-order chi connectivity index (χ1) is 18.5. The fourth-order valence-electron chi connectivity index (χ4n) is 5.55. The van der Waals surface area contributed by atoms with Gasteiger partial charge in [0.25, 0.3) is 0 Å². The van der Waals surface area contributed by atoms with Crippen LogP contribution in [0.15, 0.2) is 54.6 Å². The molecule has 1 aliphatic carbocycles. The van der Waals surface area contributed by atoms with Crippen molar-refractivity contribution in [3.8, 4) is 23.0 Å². The van der Waals surface area contributed by atoms with Gasteiger partial charge in [-0.1, -0.05) is 6.07 Å². The number of methoxy groups -OCH3 is 1. The van der Waals surface area contributed by atoms with Crippen molar-refractivity contribution in [1.29, 1.82) is 0 Å². The SMILES string of the molecule is COC(=O)C[C@@H]1COc2cc(O[C@@H]3CCc4c(Oc5ccc(N6CCCC6=O)cc5)ccc(F)c43)ccc21. The van der Waals surface area contributed by atoms with Crippen molar-refractivity contribution in [2.24, 2.45) is 0 Å². The molecule has 1 amide bonds.